The molecule has 0 bridgehead atoms. The van der Waals surface area contributed by atoms with Gasteiger partial charge in [-0.25, -0.2) is 9.78 Å². The number of aromatic nitrogens is 1. The number of urea groups is 1. The van der Waals surface area contributed by atoms with Gasteiger partial charge in [-0.3, -0.25) is 4.79 Å². The van der Waals surface area contributed by atoms with E-state index in [9.17, 15) is 22.8 Å². The molecule has 2 aromatic carbocycles. The Hall–Kier alpha value is -4.25. The zero-order valence-corrected chi connectivity index (χ0v) is 24.1. The summed E-state index contributed by atoms with van der Waals surface area (Å²) >= 11 is 0. The van der Waals surface area contributed by atoms with Crippen LogP contribution in [0.15, 0.2) is 46.9 Å². The Morgan fingerprint density at radius 3 is 2.36 bits per heavy atom. The predicted octanol–water partition coefficient (Wildman–Crippen LogP) is 5.73. The van der Waals surface area contributed by atoms with Crippen molar-refractivity contribution in [2.45, 2.75) is 55.9 Å². The first kappa shape index (κ1) is 30.8. The molecule has 3 atom stereocenters. The quantitative estimate of drug-likeness (QED) is 0.261. The highest BCUT2D eigenvalue weighted by Gasteiger charge is 2.51. The summed E-state index contributed by atoms with van der Waals surface area (Å²) in [4.78, 5) is 31.3. The molecule has 3 fully saturated rings. The van der Waals surface area contributed by atoms with Crippen LogP contribution in [0.4, 0.5) is 26.7 Å². The van der Waals surface area contributed by atoms with E-state index < -0.39 is 54.3 Å². The molecule has 2 heterocycles. The number of hydrogen-bond acceptors (Lipinski definition) is 6. The number of methoxy groups -OCH3 is 1. The Balaban J connectivity index is 1.31. The Morgan fingerprint density at radius 1 is 1.13 bits per heavy atom. The molecule has 6 rings (SSSR count). The van der Waals surface area contributed by atoms with E-state index in [1.807, 2.05) is 11.4 Å². The molecule has 2 N–H and O–H groups in total. The van der Waals surface area contributed by atoms with Gasteiger partial charge >= 0.3 is 18.1 Å². The van der Waals surface area contributed by atoms with Gasteiger partial charge in [-0.05, 0) is 73.3 Å². The molecule has 1 aliphatic heterocycles. The summed E-state index contributed by atoms with van der Waals surface area (Å²) in [5, 5.41) is 13.5. The molecule has 45 heavy (non-hydrogen) atoms. The lowest BCUT2D eigenvalue weighted by Crippen LogP contribution is -2.43. The zero-order chi connectivity index (χ0) is 32.1. The molecule has 1 saturated heterocycles. The van der Waals surface area contributed by atoms with Crippen LogP contribution in [0.2, 0.25) is 0 Å². The van der Waals surface area contributed by atoms with E-state index in [0.717, 1.165) is 42.7 Å². The van der Waals surface area contributed by atoms with Gasteiger partial charge in [0, 0.05) is 12.7 Å². The molecule has 0 unspecified atom stereocenters. The van der Waals surface area contributed by atoms with Gasteiger partial charge in [0.25, 0.3) is 5.91 Å². The lowest BCUT2D eigenvalue weighted by atomic mass is 9.88. The van der Waals surface area contributed by atoms with Crippen LogP contribution < -0.4 is 10.6 Å². The summed E-state index contributed by atoms with van der Waals surface area (Å²) in [6.45, 7) is -0.701. The third-order valence-corrected chi connectivity index (χ3v) is 8.78. The van der Waals surface area contributed by atoms with Crippen LogP contribution >= 0.6 is 0 Å². The standard InChI is InChI=1S/C31H30F5N5O4/c1-44-15-22(41-14-24(31(34,35)36)39-29(41)43)19-8-11-23-21(12-19)38-27(45-23)26(25(17-4-5-17)18-6-7-18)40-28(42)30(32,33)20-9-2-16(13-37)3-10-20/h2-3,8-12,17-18,22,24-26H,4-7,14-15H2,1H3,(H,39,43)(H,40,42)/t22-,24+,26+/m1/s1. The van der Waals surface area contributed by atoms with Gasteiger partial charge in [0.2, 0.25) is 5.89 Å². The molecule has 238 valence electrons. The van der Waals surface area contributed by atoms with Crippen LogP contribution in [-0.2, 0) is 15.5 Å². The largest absolute Gasteiger partial charge is 0.438 e. The number of ether oxygens (including phenoxy) is 1. The smallest absolute Gasteiger partial charge is 0.410 e. The van der Waals surface area contributed by atoms with Gasteiger partial charge in [-0.2, -0.15) is 27.2 Å². The van der Waals surface area contributed by atoms with Crippen molar-refractivity contribution in [2.24, 2.45) is 17.8 Å². The SMILES string of the molecule is COC[C@H](c1ccc2oc([C@@H](NC(=O)C(F)(F)c3ccc(C#N)cc3)C(C3CC3)C3CC3)nc2c1)N1C[C@@H](C(F)(F)F)NC1=O. The van der Waals surface area contributed by atoms with Crippen LogP contribution in [0.3, 0.4) is 0 Å². The fraction of sp³-hybridized carbons (Fsp3) is 0.484. The number of amides is 3. The first-order valence-corrected chi connectivity index (χ1v) is 14.6. The van der Waals surface area contributed by atoms with Crippen molar-refractivity contribution in [1.29, 1.82) is 5.26 Å². The molecule has 3 aromatic rings. The minimum Gasteiger partial charge on any atom is -0.438 e. The van der Waals surface area contributed by atoms with E-state index in [4.69, 9.17) is 14.4 Å². The number of carbonyl (C=O) groups is 2. The fourth-order valence-corrected chi connectivity index (χ4v) is 6.17. The van der Waals surface area contributed by atoms with Crippen LogP contribution in [0.1, 0.15) is 60.3 Å². The second-order valence-corrected chi connectivity index (χ2v) is 11.9. The molecule has 0 spiro atoms. The second kappa shape index (κ2) is 11.6. The van der Waals surface area contributed by atoms with Gasteiger partial charge in [-0.1, -0.05) is 18.2 Å². The zero-order valence-electron chi connectivity index (χ0n) is 24.1. The Kier molecular flexibility index (Phi) is 7.93. The number of halogens is 5. The lowest BCUT2D eigenvalue weighted by molar-refractivity contribution is -0.150. The molecule has 2 saturated carbocycles. The molecule has 3 aliphatic rings. The minimum absolute atomic E-state index is 0.0503. The summed E-state index contributed by atoms with van der Waals surface area (Å²) in [5.74, 6) is -5.13. The number of oxazole rings is 1. The average molecular weight is 632 g/mol. The van der Waals surface area contributed by atoms with E-state index in [-0.39, 0.29) is 41.4 Å². The highest BCUT2D eigenvalue weighted by molar-refractivity contribution is 5.85. The first-order valence-electron chi connectivity index (χ1n) is 14.6. The number of nitrogens with one attached hydrogen (secondary N) is 2. The maximum atomic E-state index is 15.4. The number of hydrogen-bond donors (Lipinski definition) is 2. The van der Waals surface area contributed by atoms with E-state index in [0.29, 0.717) is 11.1 Å². The van der Waals surface area contributed by atoms with Gasteiger partial charge in [0.05, 0.1) is 30.8 Å². The van der Waals surface area contributed by atoms with Gasteiger partial charge in [-0.15, -0.1) is 0 Å². The van der Waals surface area contributed by atoms with E-state index in [1.54, 1.807) is 18.2 Å². The number of carbonyl (C=O) groups excluding carboxylic acids is 2. The van der Waals surface area contributed by atoms with Crippen molar-refractivity contribution in [2.75, 3.05) is 20.3 Å². The van der Waals surface area contributed by atoms with Crippen molar-refractivity contribution in [3.63, 3.8) is 0 Å². The fourth-order valence-electron chi connectivity index (χ4n) is 6.17. The van der Waals surface area contributed by atoms with Crippen molar-refractivity contribution >= 4 is 23.0 Å². The number of nitriles is 1. The van der Waals surface area contributed by atoms with Crippen LogP contribution in [0.5, 0.6) is 0 Å². The maximum absolute atomic E-state index is 15.4. The molecule has 3 amide bonds. The van der Waals surface area contributed by atoms with Crippen LogP contribution in [0.25, 0.3) is 11.1 Å². The van der Waals surface area contributed by atoms with Crippen molar-refractivity contribution < 1.29 is 40.7 Å². The summed E-state index contributed by atoms with van der Waals surface area (Å²) in [7, 11) is 1.37. The van der Waals surface area contributed by atoms with Crippen LogP contribution in [-0.4, -0.2) is 54.3 Å². The summed E-state index contributed by atoms with van der Waals surface area (Å²) in [6.07, 6.45) is -1.07. The molecule has 1 aromatic heterocycles. The summed E-state index contributed by atoms with van der Waals surface area (Å²) < 4.78 is 82.1. The summed E-state index contributed by atoms with van der Waals surface area (Å²) in [6, 6.07) is 6.33. The van der Waals surface area contributed by atoms with Crippen molar-refractivity contribution in [3.05, 3.63) is 65.0 Å². The van der Waals surface area contributed by atoms with Crippen molar-refractivity contribution in [3.8, 4) is 6.07 Å². The highest BCUT2D eigenvalue weighted by atomic mass is 19.4. The topological polar surface area (TPSA) is 120 Å². The molecule has 14 heteroatoms. The molecular weight excluding hydrogens is 601 g/mol. The third-order valence-electron chi connectivity index (χ3n) is 8.78. The maximum Gasteiger partial charge on any atom is 0.410 e. The van der Waals surface area contributed by atoms with E-state index in [1.165, 1.54) is 19.2 Å². The first-order chi connectivity index (χ1) is 21.4. The third kappa shape index (κ3) is 6.18. The normalized spacial score (nSPS) is 20.3. The Labute approximate surface area is 254 Å². The van der Waals surface area contributed by atoms with Crippen molar-refractivity contribution in [1.82, 2.24) is 20.5 Å². The number of benzene rings is 2. The number of nitrogens with zero attached hydrogens (tertiary/aromatic N) is 3. The Bertz CT molecular complexity index is 1620. The molecular formula is C31H30F5N5O4. The van der Waals surface area contributed by atoms with E-state index in [2.05, 4.69) is 10.3 Å². The minimum atomic E-state index is -4.62. The predicted molar refractivity (Wildman–Crippen MR) is 149 cm³/mol. The van der Waals surface area contributed by atoms with Gasteiger partial charge < -0.3 is 24.7 Å². The lowest BCUT2D eigenvalue weighted by Gasteiger charge is -2.27. The molecule has 2 aliphatic carbocycles. The van der Waals surface area contributed by atoms with Crippen LogP contribution in [0, 0.1) is 29.1 Å². The second-order valence-electron chi connectivity index (χ2n) is 11.9. The molecule has 0 radical (unpaired) electrons. The van der Waals surface area contributed by atoms with E-state index >= 15 is 8.78 Å². The van der Waals surface area contributed by atoms with Gasteiger partial charge in [0.15, 0.2) is 5.58 Å². The number of fused-ring (bicyclic) bond motifs is 1. The monoisotopic (exact) mass is 631 g/mol. The summed E-state index contributed by atoms with van der Waals surface area (Å²) in [5.41, 5.74) is 0.638. The molecule has 9 nitrogen and oxygen atoms in total. The average Bonchev–Trinajstić information content (AvgIpc) is 3.94. The number of rotatable bonds is 11. The highest BCUT2D eigenvalue weighted by Crippen LogP contribution is 2.54. The van der Waals surface area contributed by atoms with Gasteiger partial charge in [0.1, 0.15) is 17.6 Å². The Morgan fingerprint density at radius 2 is 1.80 bits per heavy atom. The number of alkyl halides is 5.